The van der Waals surface area contributed by atoms with E-state index in [9.17, 15) is 27.9 Å². The third kappa shape index (κ3) is 7.71. The van der Waals surface area contributed by atoms with Gasteiger partial charge in [-0.15, -0.1) is 0 Å². The van der Waals surface area contributed by atoms with Crippen molar-refractivity contribution in [2.75, 3.05) is 6.54 Å². The molecule has 1 saturated carbocycles. The van der Waals surface area contributed by atoms with E-state index in [1.807, 2.05) is 32.9 Å². The molecule has 0 unspecified atom stereocenters. The molecule has 0 saturated heterocycles. The zero-order valence-corrected chi connectivity index (χ0v) is 21.0. The Morgan fingerprint density at radius 3 is 2.19 bits per heavy atom. The number of benzene rings is 1. The van der Waals surface area contributed by atoms with E-state index in [-0.39, 0.29) is 5.41 Å². The van der Waals surface area contributed by atoms with Crippen molar-refractivity contribution in [3.8, 4) is 11.4 Å². The summed E-state index contributed by atoms with van der Waals surface area (Å²) in [4.78, 5) is 37.5. The quantitative estimate of drug-likeness (QED) is 0.549. The molecule has 1 fully saturated rings. The molecule has 0 spiro atoms. The number of carboxylic acids is 1. The Labute approximate surface area is 207 Å². The fraction of sp³-hybridized carbons (Fsp3) is 0.560. The second-order valence-electron chi connectivity index (χ2n) is 9.89. The largest absolute Gasteiger partial charge is 0.507 e. The highest BCUT2D eigenvalue weighted by atomic mass is 19.4. The SMILES string of the molecule is CCN(Cc1cc(-n2ccc(=O)[nH]c2=O)cc(C(C)(C)C)c1O)C1CCCCC1.O=C(O)C(F)(F)F. The second-order valence-corrected chi connectivity index (χ2v) is 9.89. The number of hydrogen-bond acceptors (Lipinski definition) is 5. The highest BCUT2D eigenvalue weighted by molar-refractivity contribution is 5.73. The molecule has 1 heterocycles. The van der Waals surface area contributed by atoms with Crippen LogP contribution in [-0.4, -0.2) is 49.4 Å². The molecule has 1 aromatic heterocycles. The molecular formula is C25H34F3N3O5. The van der Waals surface area contributed by atoms with Crippen LogP contribution in [0, 0.1) is 0 Å². The van der Waals surface area contributed by atoms with Crippen molar-refractivity contribution in [1.29, 1.82) is 0 Å². The van der Waals surface area contributed by atoms with Crippen LogP contribution in [0.1, 0.15) is 70.9 Å². The summed E-state index contributed by atoms with van der Waals surface area (Å²) >= 11 is 0. The summed E-state index contributed by atoms with van der Waals surface area (Å²) in [6.07, 6.45) is 2.61. The monoisotopic (exact) mass is 513 g/mol. The number of hydrogen-bond donors (Lipinski definition) is 3. The van der Waals surface area contributed by atoms with Crippen LogP contribution < -0.4 is 11.2 Å². The van der Waals surface area contributed by atoms with Gasteiger partial charge >= 0.3 is 17.8 Å². The van der Waals surface area contributed by atoms with Gasteiger partial charge < -0.3 is 10.2 Å². The summed E-state index contributed by atoms with van der Waals surface area (Å²) in [5.41, 5.74) is 1.08. The molecular weight excluding hydrogens is 479 g/mol. The number of phenolic OH excluding ortho intramolecular Hbond substituents is 1. The molecule has 1 aliphatic rings. The van der Waals surface area contributed by atoms with Gasteiger partial charge in [0.15, 0.2) is 0 Å². The van der Waals surface area contributed by atoms with Crippen molar-refractivity contribution in [1.82, 2.24) is 14.5 Å². The first-order chi connectivity index (χ1) is 16.6. The van der Waals surface area contributed by atoms with E-state index in [0.717, 1.165) is 17.7 Å². The molecule has 0 amide bonds. The standard InChI is InChI=1S/C23H33N3O3.C2HF3O2/c1-5-25(17-9-7-6-8-10-17)15-16-13-18(14-19(21(16)28)23(2,3)4)26-12-11-20(27)24-22(26)29;3-2(4,5)1(6)7/h11-14,17,28H,5-10,15H2,1-4H3,(H,24,27,29);(H,6,7). The predicted octanol–water partition coefficient (Wildman–Crippen LogP) is 4.32. The van der Waals surface area contributed by atoms with Crippen molar-refractivity contribution < 1.29 is 28.2 Å². The van der Waals surface area contributed by atoms with Crippen molar-refractivity contribution in [2.24, 2.45) is 0 Å². The van der Waals surface area contributed by atoms with E-state index < -0.39 is 23.4 Å². The summed E-state index contributed by atoms with van der Waals surface area (Å²) < 4.78 is 33.2. The van der Waals surface area contributed by atoms with Gasteiger partial charge in [-0.05, 0) is 36.9 Å². The Bertz CT molecular complexity index is 1160. The lowest BCUT2D eigenvalue weighted by atomic mass is 9.84. The Hall–Kier alpha value is -3.08. The van der Waals surface area contributed by atoms with Gasteiger partial charge in [0.1, 0.15) is 5.75 Å². The van der Waals surface area contributed by atoms with Crippen LogP contribution in [0.25, 0.3) is 5.69 Å². The van der Waals surface area contributed by atoms with Crippen LogP contribution in [-0.2, 0) is 16.8 Å². The molecule has 11 heteroatoms. The summed E-state index contributed by atoms with van der Waals surface area (Å²) in [5, 5.41) is 18.2. The van der Waals surface area contributed by atoms with E-state index >= 15 is 0 Å². The first-order valence-corrected chi connectivity index (χ1v) is 11.9. The molecule has 0 bridgehead atoms. The van der Waals surface area contributed by atoms with Crippen molar-refractivity contribution in [3.63, 3.8) is 0 Å². The minimum atomic E-state index is -5.08. The predicted molar refractivity (Wildman–Crippen MR) is 130 cm³/mol. The Morgan fingerprint density at radius 2 is 1.72 bits per heavy atom. The number of phenols is 1. The van der Waals surface area contributed by atoms with Crippen molar-refractivity contribution in [2.45, 2.75) is 84.0 Å². The number of aromatic nitrogens is 2. The molecule has 1 aliphatic carbocycles. The average Bonchev–Trinajstić information content (AvgIpc) is 2.78. The molecule has 3 rings (SSSR count). The summed E-state index contributed by atoms with van der Waals surface area (Å²) in [5.74, 6) is -2.46. The number of aromatic hydroxyl groups is 1. The van der Waals surface area contributed by atoms with Crippen LogP contribution in [0.5, 0.6) is 5.75 Å². The van der Waals surface area contributed by atoms with Crippen LogP contribution in [0.2, 0.25) is 0 Å². The number of aliphatic carboxylic acids is 1. The lowest BCUT2D eigenvalue weighted by Gasteiger charge is -2.34. The second kappa shape index (κ2) is 11.8. The van der Waals surface area contributed by atoms with Crippen molar-refractivity contribution in [3.05, 3.63) is 56.4 Å². The van der Waals surface area contributed by atoms with Gasteiger partial charge in [-0.2, -0.15) is 13.2 Å². The van der Waals surface area contributed by atoms with Gasteiger partial charge in [0, 0.05) is 36.0 Å². The minimum Gasteiger partial charge on any atom is -0.507 e. The topological polar surface area (TPSA) is 116 Å². The van der Waals surface area contributed by atoms with E-state index in [2.05, 4.69) is 16.8 Å². The zero-order chi connectivity index (χ0) is 27.3. The highest BCUT2D eigenvalue weighted by Crippen LogP contribution is 2.36. The fourth-order valence-electron chi connectivity index (χ4n) is 4.29. The third-order valence-corrected chi connectivity index (χ3v) is 6.20. The summed E-state index contributed by atoms with van der Waals surface area (Å²) in [7, 11) is 0. The van der Waals surface area contributed by atoms with Crippen LogP contribution in [0.3, 0.4) is 0 Å². The smallest absolute Gasteiger partial charge is 0.490 e. The third-order valence-electron chi connectivity index (χ3n) is 6.20. The first-order valence-electron chi connectivity index (χ1n) is 11.9. The fourth-order valence-corrected chi connectivity index (χ4v) is 4.29. The Kier molecular flexibility index (Phi) is 9.53. The van der Waals surface area contributed by atoms with Crippen LogP contribution in [0.15, 0.2) is 34.0 Å². The van der Waals surface area contributed by atoms with E-state index in [1.54, 1.807) is 0 Å². The Balaban J connectivity index is 0.000000572. The van der Waals surface area contributed by atoms with E-state index in [0.29, 0.717) is 24.0 Å². The number of alkyl halides is 3. The van der Waals surface area contributed by atoms with Gasteiger partial charge in [0.25, 0.3) is 5.56 Å². The number of H-pyrrole nitrogens is 1. The van der Waals surface area contributed by atoms with E-state index in [4.69, 9.17) is 9.90 Å². The number of aromatic amines is 1. The highest BCUT2D eigenvalue weighted by Gasteiger charge is 2.38. The van der Waals surface area contributed by atoms with Gasteiger partial charge in [-0.3, -0.25) is 19.2 Å². The maximum Gasteiger partial charge on any atom is 0.490 e. The van der Waals surface area contributed by atoms with E-state index in [1.165, 1.54) is 48.9 Å². The number of halogens is 3. The normalized spacial score (nSPS) is 14.9. The molecule has 1 aromatic carbocycles. The molecule has 2 aromatic rings. The summed E-state index contributed by atoms with van der Waals surface area (Å²) in [6, 6.07) is 5.58. The Morgan fingerprint density at radius 1 is 1.14 bits per heavy atom. The lowest BCUT2D eigenvalue weighted by molar-refractivity contribution is -0.192. The van der Waals surface area contributed by atoms with Crippen molar-refractivity contribution >= 4 is 5.97 Å². The zero-order valence-electron chi connectivity index (χ0n) is 21.0. The van der Waals surface area contributed by atoms with Crippen LogP contribution in [0.4, 0.5) is 13.2 Å². The number of nitrogens with one attached hydrogen (secondary N) is 1. The number of carbonyl (C=O) groups is 1. The first kappa shape index (κ1) is 29.2. The van der Waals surface area contributed by atoms with Crippen LogP contribution >= 0.6 is 0 Å². The molecule has 36 heavy (non-hydrogen) atoms. The molecule has 0 radical (unpaired) electrons. The number of nitrogens with zero attached hydrogens (tertiary/aromatic N) is 2. The minimum absolute atomic E-state index is 0.289. The summed E-state index contributed by atoms with van der Waals surface area (Å²) in [6.45, 7) is 9.85. The maximum atomic E-state index is 12.4. The van der Waals surface area contributed by atoms with Gasteiger partial charge in [-0.25, -0.2) is 9.59 Å². The molecule has 200 valence electrons. The molecule has 3 N–H and O–H groups in total. The van der Waals surface area contributed by atoms with Gasteiger partial charge in [0.2, 0.25) is 0 Å². The maximum absolute atomic E-state index is 12.4. The number of carboxylic acid groups (broad SMARTS) is 1. The van der Waals surface area contributed by atoms with Gasteiger partial charge in [0.05, 0.1) is 5.69 Å². The molecule has 0 aliphatic heterocycles. The van der Waals surface area contributed by atoms with Gasteiger partial charge in [-0.1, -0.05) is 47.0 Å². The average molecular weight is 514 g/mol. The molecule has 0 atom stereocenters. The molecule has 8 nitrogen and oxygen atoms in total. The number of rotatable bonds is 5. The lowest BCUT2D eigenvalue weighted by Crippen LogP contribution is -2.36.